The fourth-order valence-electron chi connectivity index (χ4n) is 1.92. The van der Waals surface area contributed by atoms with Crippen molar-refractivity contribution >= 4 is 11.6 Å². The lowest BCUT2D eigenvalue weighted by Gasteiger charge is -2.11. The summed E-state index contributed by atoms with van der Waals surface area (Å²) >= 11 is 0. The van der Waals surface area contributed by atoms with Gasteiger partial charge < -0.3 is 10.6 Å². The van der Waals surface area contributed by atoms with Gasteiger partial charge in [-0.05, 0) is 31.2 Å². The molecule has 20 heavy (non-hydrogen) atoms. The lowest BCUT2D eigenvalue weighted by atomic mass is 10.1. The van der Waals surface area contributed by atoms with Crippen LogP contribution in [0.4, 0.5) is 10.1 Å². The maximum atomic E-state index is 12.7. The van der Waals surface area contributed by atoms with Crippen molar-refractivity contribution in [2.45, 2.75) is 13.0 Å². The Morgan fingerprint density at radius 1 is 1.15 bits per heavy atom. The van der Waals surface area contributed by atoms with Crippen LogP contribution in [0.5, 0.6) is 0 Å². The minimum atomic E-state index is -0.313. The molecule has 4 heteroatoms. The second kappa shape index (κ2) is 6.82. The third-order valence-electron chi connectivity index (χ3n) is 3.11. The molecule has 0 aromatic heterocycles. The maximum absolute atomic E-state index is 12.7. The van der Waals surface area contributed by atoms with Crippen LogP contribution in [0.25, 0.3) is 0 Å². The van der Waals surface area contributed by atoms with Gasteiger partial charge in [-0.15, -0.1) is 0 Å². The highest BCUT2D eigenvalue weighted by molar-refractivity contribution is 5.91. The summed E-state index contributed by atoms with van der Waals surface area (Å²) in [7, 11) is 0. The monoisotopic (exact) mass is 273 g/mol. The lowest BCUT2D eigenvalue weighted by molar-refractivity contribution is -0.682. The Morgan fingerprint density at radius 3 is 2.45 bits per heavy atom. The zero-order chi connectivity index (χ0) is 14.4. The van der Waals surface area contributed by atoms with Gasteiger partial charge in [0, 0.05) is 11.3 Å². The zero-order valence-corrected chi connectivity index (χ0v) is 11.3. The standard InChI is InChI=1S/C16H17FN2O/c1-12(13-5-3-2-4-6-13)18-11-16(20)19-15-9-7-14(17)8-10-15/h2-10,12,18H,11H2,1H3,(H,19,20)/p+1/t12-/m0/s1. The third kappa shape index (κ3) is 4.17. The summed E-state index contributed by atoms with van der Waals surface area (Å²) in [6.07, 6.45) is 0. The van der Waals surface area contributed by atoms with E-state index in [1.165, 1.54) is 17.7 Å². The highest BCUT2D eigenvalue weighted by Gasteiger charge is 2.11. The molecule has 3 N–H and O–H groups in total. The molecule has 0 aliphatic carbocycles. The second-order valence-corrected chi connectivity index (χ2v) is 4.69. The van der Waals surface area contributed by atoms with Gasteiger partial charge in [-0.2, -0.15) is 0 Å². The normalized spacial score (nSPS) is 11.9. The van der Waals surface area contributed by atoms with Gasteiger partial charge in [0.2, 0.25) is 0 Å². The molecule has 0 saturated heterocycles. The zero-order valence-electron chi connectivity index (χ0n) is 11.3. The Morgan fingerprint density at radius 2 is 1.80 bits per heavy atom. The van der Waals surface area contributed by atoms with E-state index in [1.807, 2.05) is 35.6 Å². The molecule has 0 spiro atoms. The molecule has 1 amide bonds. The van der Waals surface area contributed by atoms with E-state index in [1.54, 1.807) is 12.1 Å². The van der Waals surface area contributed by atoms with Crippen molar-refractivity contribution in [1.29, 1.82) is 0 Å². The predicted octanol–water partition coefficient (Wildman–Crippen LogP) is 2.09. The third-order valence-corrected chi connectivity index (χ3v) is 3.11. The number of nitrogens with one attached hydrogen (secondary N) is 1. The number of carbonyl (C=O) groups is 1. The fraction of sp³-hybridized carbons (Fsp3) is 0.188. The Balaban J connectivity index is 1.82. The number of carbonyl (C=O) groups excluding carboxylic acids is 1. The van der Waals surface area contributed by atoms with Crippen molar-refractivity contribution in [1.82, 2.24) is 0 Å². The number of nitrogens with two attached hydrogens (primary N) is 1. The van der Waals surface area contributed by atoms with E-state index in [2.05, 4.69) is 12.2 Å². The fourth-order valence-corrected chi connectivity index (χ4v) is 1.92. The summed E-state index contributed by atoms with van der Waals surface area (Å²) in [6, 6.07) is 16.0. The predicted molar refractivity (Wildman–Crippen MR) is 76.7 cm³/mol. The molecule has 2 aromatic carbocycles. The first-order valence-electron chi connectivity index (χ1n) is 6.59. The molecule has 0 radical (unpaired) electrons. The molecule has 0 bridgehead atoms. The van der Waals surface area contributed by atoms with Crippen LogP contribution < -0.4 is 10.6 Å². The van der Waals surface area contributed by atoms with Crippen LogP contribution in [0.2, 0.25) is 0 Å². The topological polar surface area (TPSA) is 45.7 Å². The quantitative estimate of drug-likeness (QED) is 0.861. The number of hydrogen-bond acceptors (Lipinski definition) is 1. The molecule has 2 aromatic rings. The van der Waals surface area contributed by atoms with Crippen molar-refractivity contribution < 1.29 is 14.5 Å². The van der Waals surface area contributed by atoms with Crippen LogP contribution in [0.15, 0.2) is 54.6 Å². The van der Waals surface area contributed by atoms with Crippen molar-refractivity contribution in [3.63, 3.8) is 0 Å². The van der Waals surface area contributed by atoms with Crippen LogP contribution in [-0.2, 0) is 4.79 Å². The van der Waals surface area contributed by atoms with Crippen molar-refractivity contribution in [2.75, 3.05) is 11.9 Å². The summed E-state index contributed by atoms with van der Waals surface area (Å²) in [4.78, 5) is 11.8. The van der Waals surface area contributed by atoms with Gasteiger partial charge in [-0.1, -0.05) is 30.3 Å². The number of halogens is 1. The Labute approximate surface area is 117 Å². The minimum absolute atomic E-state index is 0.0978. The highest BCUT2D eigenvalue weighted by Crippen LogP contribution is 2.08. The Bertz CT molecular complexity index is 554. The number of anilines is 1. The number of quaternary nitrogens is 1. The van der Waals surface area contributed by atoms with Gasteiger partial charge in [0.1, 0.15) is 11.9 Å². The highest BCUT2D eigenvalue weighted by atomic mass is 19.1. The first kappa shape index (κ1) is 14.2. The summed E-state index contributed by atoms with van der Waals surface area (Å²) in [5.74, 6) is -0.411. The van der Waals surface area contributed by atoms with Gasteiger partial charge in [0.25, 0.3) is 5.91 Å². The first-order chi connectivity index (χ1) is 9.65. The van der Waals surface area contributed by atoms with E-state index >= 15 is 0 Å². The molecule has 104 valence electrons. The van der Waals surface area contributed by atoms with Crippen molar-refractivity contribution in [2.24, 2.45) is 0 Å². The smallest absolute Gasteiger partial charge is 0.279 e. The van der Waals surface area contributed by atoms with Gasteiger partial charge in [0.15, 0.2) is 6.54 Å². The van der Waals surface area contributed by atoms with Crippen LogP contribution >= 0.6 is 0 Å². The molecular formula is C16H18FN2O+. The molecular weight excluding hydrogens is 255 g/mol. The summed E-state index contributed by atoms with van der Waals surface area (Å²) in [5.41, 5.74) is 1.79. The number of rotatable bonds is 5. The molecule has 0 unspecified atom stereocenters. The van der Waals surface area contributed by atoms with Gasteiger partial charge in [-0.25, -0.2) is 4.39 Å². The lowest BCUT2D eigenvalue weighted by Crippen LogP contribution is -2.86. The maximum Gasteiger partial charge on any atom is 0.279 e. The Kier molecular flexibility index (Phi) is 4.85. The van der Waals surface area contributed by atoms with E-state index < -0.39 is 0 Å². The van der Waals surface area contributed by atoms with Crippen LogP contribution in [-0.4, -0.2) is 12.5 Å². The van der Waals surface area contributed by atoms with Crippen molar-refractivity contribution in [3.05, 3.63) is 66.0 Å². The van der Waals surface area contributed by atoms with E-state index in [0.717, 1.165) is 0 Å². The van der Waals surface area contributed by atoms with Crippen LogP contribution in [0.3, 0.4) is 0 Å². The van der Waals surface area contributed by atoms with Crippen LogP contribution in [0.1, 0.15) is 18.5 Å². The van der Waals surface area contributed by atoms with Crippen molar-refractivity contribution in [3.8, 4) is 0 Å². The second-order valence-electron chi connectivity index (χ2n) is 4.69. The number of amides is 1. The van der Waals surface area contributed by atoms with Crippen LogP contribution in [0, 0.1) is 5.82 Å². The number of hydrogen-bond donors (Lipinski definition) is 2. The average Bonchev–Trinajstić information content (AvgIpc) is 2.48. The SMILES string of the molecule is C[C@H]([NH2+]CC(=O)Nc1ccc(F)cc1)c1ccccc1. The summed E-state index contributed by atoms with van der Waals surface area (Å²) in [6.45, 7) is 2.38. The van der Waals surface area contributed by atoms with Gasteiger partial charge in [-0.3, -0.25) is 4.79 Å². The van der Waals surface area contributed by atoms with E-state index in [0.29, 0.717) is 12.2 Å². The molecule has 3 nitrogen and oxygen atoms in total. The van der Waals surface area contributed by atoms with E-state index in [4.69, 9.17) is 0 Å². The molecule has 0 heterocycles. The first-order valence-corrected chi connectivity index (χ1v) is 6.59. The molecule has 1 atom stereocenters. The summed E-state index contributed by atoms with van der Waals surface area (Å²) < 4.78 is 12.7. The Hall–Kier alpha value is -2.20. The molecule has 2 rings (SSSR count). The van der Waals surface area contributed by atoms with E-state index in [9.17, 15) is 9.18 Å². The summed E-state index contributed by atoms with van der Waals surface area (Å²) in [5, 5.41) is 4.71. The minimum Gasteiger partial charge on any atom is -0.333 e. The largest absolute Gasteiger partial charge is 0.333 e. The molecule has 0 aliphatic rings. The number of benzene rings is 2. The van der Waals surface area contributed by atoms with Gasteiger partial charge in [0.05, 0.1) is 0 Å². The van der Waals surface area contributed by atoms with Gasteiger partial charge >= 0.3 is 0 Å². The molecule has 0 fully saturated rings. The van der Waals surface area contributed by atoms with E-state index in [-0.39, 0.29) is 17.8 Å². The average molecular weight is 273 g/mol. The molecule has 0 aliphatic heterocycles. The molecule has 0 saturated carbocycles.